The monoisotopic (exact) mass is 362 g/mol. The Labute approximate surface area is 134 Å². The number of fused-ring (bicyclic) bond motifs is 1. The van der Waals surface area contributed by atoms with E-state index in [0.29, 0.717) is 13.0 Å². The van der Waals surface area contributed by atoms with Crippen molar-refractivity contribution in [3.8, 4) is 11.5 Å². The van der Waals surface area contributed by atoms with E-state index in [1.54, 1.807) is 0 Å². The summed E-state index contributed by atoms with van der Waals surface area (Å²) in [6.45, 7) is 0.669. The van der Waals surface area contributed by atoms with Crippen LogP contribution in [0.3, 0.4) is 0 Å². The van der Waals surface area contributed by atoms with Crippen LogP contribution in [0, 0.1) is 11.6 Å². The molecule has 3 rings (SSSR count). The van der Waals surface area contributed by atoms with Gasteiger partial charge in [-0.25, -0.2) is 17.2 Å². The summed E-state index contributed by atoms with van der Waals surface area (Å²) >= 11 is 0. The fourth-order valence-corrected chi connectivity index (χ4v) is 4.17. The molecule has 1 atom stereocenters. The SMILES string of the molecule is CC1(O)c2cc(Oc3cc(F)cc(F)c3)ccc2S(=O)(=O)C1(F)F. The highest BCUT2D eigenvalue weighted by Crippen LogP contribution is 2.53. The Morgan fingerprint density at radius 2 is 1.58 bits per heavy atom. The molecule has 0 saturated heterocycles. The number of hydrogen-bond acceptors (Lipinski definition) is 4. The molecule has 2 aromatic carbocycles. The molecule has 0 aromatic heterocycles. The zero-order valence-corrected chi connectivity index (χ0v) is 12.9. The number of ether oxygens (including phenoxy) is 1. The van der Waals surface area contributed by atoms with Gasteiger partial charge >= 0.3 is 5.25 Å². The van der Waals surface area contributed by atoms with Gasteiger partial charge in [0.25, 0.3) is 0 Å². The van der Waals surface area contributed by atoms with Crippen LogP contribution in [-0.4, -0.2) is 18.8 Å². The normalized spacial score (nSPS) is 23.8. The maximum absolute atomic E-state index is 14.0. The van der Waals surface area contributed by atoms with Crippen LogP contribution in [0.25, 0.3) is 0 Å². The van der Waals surface area contributed by atoms with Crippen molar-refractivity contribution in [2.75, 3.05) is 0 Å². The van der Waals surface area contributed by atoms with Crippen LogP contribution in [0.2, 0.25) is 0 Å². The predicted molar refractivity (Wildman–Crippen MR) is 74.6 cm³/mol. The maximum Gasteiger partial charge on any atom is 0.381 e. The van der Waals surface area contributed by atoms with Crippen LogP contribution >= 0.6 is 0 Å². The van der Waals surface area contributed by atoms with Gasteiger partial charge < -0.3 is 9.84 Å². The molecule has 0 aliphatic carbocycles. The molecule has 0 bridgehead atoms. The van der Waals surface area contributed by atoms with Gasteiger partial charge in [-0.1, -0.05) is 0 Å². The number of alkyl halides is 2. The molecule has 2 aromatic rings. The summed E-state index contributed by atoms with van der Waals surface area (Å²) in [7, 11) is -5.05. The van der Waals surface area contributed by atoms with Crippen LogP contribution in [0.15, 0.2) is 41.3 Å². The Balaban J connectivity index is 2.08. The van der Waals surface area contributed by atoms with Gasteiger partial charge in [0.1, 0.15) is 23.1 Å². The Bertz CT molecular complexity index is 918. The van der Waals surface area contributed by atoms with E-state index in [0.717, 1.165) is 30.3 Å². The second-order valence-corrected chi connectivity index (χ2v) is 7.42. The fraction of sp³-hybridized carbons (Fsp3) is 0.200. The molecule has 128 valence electrons. The van der Waals surface area contributed by atoms with Gasteiger partial charge in [0.2, 0.25) is 9.84 Å². The van der Waals surface area contributed by atoms with E-state index in [-0.39, 0.29) is 11.5 Å². The first-order chi connectivity index (χ1) is 11.0. The second kappa shape index (κ2) is 4.93. The number of hydrogen-bond donors (Lipinski definition) is 1. The molecule has 0 radical (unpaired) electrons. The van der Waals surface area contributed by atoms with E-state index < -0.39 is 42.8 Å². The molecule has 0 saturated carbocycles. The summed E-state index contributed by atoms with van der Waals surface area (Å²) < 4.78 is 83.1. The number of sulfone groups is 1. The largest absolute Gasteiger partial charge is 0.457 e. The van der Waals surface area contributed by atoms with Gasteiger partial charge in [0.05, 0.1) is 4.90 Å². The van der Waals surface area contributed by atoms with Crippen molar-refractivity contribution in [1.82, 2.24) is 0 Å². The molecule has 1 aliphatic heterocycles. The minimum absolute atomic E-state index is 0.160. The van der Waals surface area contributed by atoms with Crippen molar-refractivity contribution >= 4 is 9.84 Å². The average molecular weight is 362 g/mol. The molecule has 1 heterocycles. The molecule has 1 N–H and O–H groups in total. The van der Waals surface area contributed by atoms with Gasteiger partial charge in [-0.05, 0) is 25.1 Å². The van der Waals surface area contributed by atoms with Crippen molar-refractivity contribution in [1.29, 1.82) is 0 Å². The lowest BCUT2D eigenvalue weighted by Crippen LogP contribution is -2.42. The molecular formula is C15H10F4O4S. The molecule has 0 fully saturated rings. The molecule has 0 spiro atoms. The third-order valence-corrected chi connectivity index (χ3v) is 5.75. The van der Waals surface area contributed by atoms with Gasteiger partial charge in [-0.2, -0.15) is 8.78 Å². The number of benzene rings is 2. The summed E-state index contributed by atoms with van der Waals surface area (Å²) in [5, 5.41) is 5.57. The van der Waals surface area contributed by atoms with Crippen LogP contribution in [-0.2, 0) is 15.4 Å². The summed E-state index contributed by atoms with van der Waals surface area (Å²) in [4.78, 5) is -0.727. The van der Waals surface area contributed by atoms with Gasteiger partial charge in [-0.15, -0.1) is 0 Å². The zero-order valence-electron chi connectivity index (χ0n) is 12.1. The average Bonchev–Trinajstić information content (AvgIpc) is 2.54. The highest BCUT2D eigenvalue weighted by molar-refractivity contribution is 7.93. The minimum atomic E-state index is -5.05. The standard InChI is InChI=1S/C15H10F4O4S/c1-14(20)12-7-10(23-11-5-8(16)4-9(17)6-11)2-3-13(12)24(21,22)15(14,18)19/h2-7,20H,1H3. The number of halogens is 4. The summed E-state index contributed by atoms with van der Waals surface area (Å²) in [6, 6.07) is 5.14. The summed E-state index contributed by atoms with van der Waals surface area (Å²) in [5.74, 6) is -2.23. The highest BCUT2D eigenvalue weighted by atomic mass is 32.2. The third kappa shape index (κ3) is 2.19. The van der Waals surface area contributed by atoms with Gasteiger partial charge in [0.15, 0.2) is 5.60 Å². The van der Waals surface area contributed by atoms with Crippen LogP contribution in [0.4, 0.5) is 17.6 Å². The maximum atomic E-state index is 14.0. The number of aliphatic hydroxyl groups is 1. The van der Waals surface area contributed by atoms with E-state index in [4.69, 9.17) is 4.74 Å². The van der Waals surface area contributed by atoms with E-state index in [1.165, 1.54) is 0 Å². The second-order valence-electron chi connectivity index (χ2n) is 5.46. The first-order valence-electron chi connectivity index (χ1n) is 6.60. The lowest BCUT2D eigenvalue weighted by atomic mass is 9.96. The Morgan fingerprint density at radius 3 is 2.17 bits per heavy atom. The third-order valence-electron chi connectivity index (χ3n) is 3.74. The molecule has 0 amide bonds. The minimum Gasteiger partial charge on any atom is -0.457 e. The molecule has 1 aliphatic rings. The molecule has 1 unspecified atom stereocenters. The van der Waals surface area contributed by atoms with Crippen molar-refractivity contribution in [3.05, 3.63) is 53.6 Å². The van der Waals surface area contributed by atoms with Crippen molar-refractivity contribution in [2.45, 2.75) is 22.7 Å². The molecule has 24 heavy (non-hydrogen) atoms. The lowest BCUT2D eigenvalue weighted by molar-refractivity contribution is -0.114. The topological polar surface area (TPSA) is 63.6 Å². The lowest BCUT2D eigenvalue weighted by Gasteiger charge is -2.24. The highest BCUT2D eigenvalue weighted by Gasteiger charge is 2.67. The Hall–Kier alpha value is -2.13. The van der Waals surface area contributed by atoms with E-state index in [1.807, 2.05) is 0 Å². The predicted octanol–water partition coefficient (Wildman–Crippen LogP) is 3.34. The number of rotatable bonds is 2. The molecule has 4 nitrogen and oxygen atoms in total. The Morgan fingerprint density at radius 1 is 1.00 bits per heavy atom. The van der Waals surface area contributed by atoms with E-state index >= 15 is 0 Å². The van der Waals surface area contributed by atoms with Crippen LogP contribution < -0.4 is 4.74 Å². The summed E-state index contributed by atoms with van der Waals surface area (Å²) in [6.07, 6.45) is 0. The molecule has 9 heteroatoms. The van der Waals surface area contributed by atoms with Crippen molar-refractivity contribution < 1.29 is 35.8 Å². The van der Waals surface area contributed by atoms with Crippen molar-refractivity contribution in [2.24, 2.45) is 0 Å². The quantitative estimate of drug-likeness (QED) is 0.833. The summed E-state index contributed by atoms with van der Waals surface area (Å²) in [5.41, 5.74) is -3.52. The fourth-order valence-electron chi connectivity index (χ4n) is 2.47. The zero-order chi connectivity index (χ0) is 17.9. The van der Waals surface area contributed by atoms with Gasteiger partial charge in [-0.3, -0.25) is 0 Å². The Kier molecular flexibility index (Phi) is 3.44. The first-order valence-corrected chi connectivity index (χ1v) is 8.08. The van der Waals surface area contributed by atoms with Gasteiger partial charge in [0, 0.05) is 23.8 Å². The smallest absolute Gasteiger partial charge is 0.381 e. The van der Waals surface area contributed by atoms with Crippen LogP contribution in [0.1, 0.15) is 12.5 Å². The van der Waals surface area contributed by atoms with E-state index in [9.17, 15) is 31.1 Å². The van der Waals surface area contributed by atoms with E-state index in [2.05, 4.69) is 0 Å². The van der Waals surface area contributed by atoms with Crippen LogP contribution in [0.5, 0.6) is 11.5 Å². The van der Waals surface area contributed by atoms with Crippen molar-refractivity contribution in [3.63, 3.8) is 0 Å². The molecular weight excluding hydrogens is 352 g/mol. The first kappa shape index (κ1) is 16.7.